The van der Waals surface area contributed by atoms with Crippen LogP contribution in [0, 0.1) is 0 Å². The normalized spacial score (nSPS) is 13.8. The first-order chi connectivity index (χ1) is 10.7. The minimum atomic E-state index is -0.316. The van der Waals surface area contributed by atoms with E-state index in [0.717, 1.165) is 21.3 Å². The Morgan fingerprint density at radius 1 is 1.23 bits per heavy atom. The fourth-order valence-electron chi connectivity index (χ4n) is 2.31. The fourth-order valence-corrected chi connectivity index (χ4v) is 2.65. The Kier molecular flexibility index (Phi) is 4.63. The summed E-state index contributed by atoms with van der Waals surface area (Å²) in [7, 11) is 0. The maximum absolute atomic E-state index is 12.2. The van der Waals surface area contributed by atoms with Gasteiger partial charge in [0.2, 0.25) is 0 Å². The van der Waals surface area contributed by atoms with Crippen molar-refractivity contribution in [1.29, 1.82) is 0 Å². The number of nitrogens with zero attached hydrogens (tertiary/aromatic N) is 1. The van der Waals surface area contributed by atoms with E-state index in [1.807, 2.05) is 48.5 Å². The highest BCUT2D eigenvalue weighted by Crippen LogP contribution is 2.27. The van der Waals surface area contributed by atoms with Crippen molar-refractivity contribution < 1.29 is 14.3 Å². The third kappa shape index (κ3) is 3.60. The first kappa shape index (κ1) is 14.9. The van der Waals surface area contributed by atoms with Gasteiger partial charge in [0.25, 0.3) is 0 Å². The zero-order valence-corrected chi connectivity index (χ0v) is 13.6. The van der Waals surface area contributed by atoms with Crippen LogP contribution in [0.1, 0.15) is 11.1 Å². The molecule has 22 heavy (non-hydrogen) atoms. The zero-order valence-electron chi connectivity index (χ0n) is 12.0. The van der Waals surface area contributed by atoms with E-state index >= 15 is 0 Å². The Hall–Kier alpha value is -2.01. The summed E-state index contributed by atoms with van der Waals surface area (Å²) in [5.74, 6) is 0.813. The molecule has 2 aromatic rings. The van der Waals surface area contributed by atoms with Crippen LogP contribution in [-0.4, -0.2) is 24.1 Å². The molecule has 0 fully saturated rings. The van der Waals surface area contributed by atoms with E-state index in [0.29, 0.717) is 19.7 Å². The molecule has 0 N–H and O–H groups in total. The summed E-state index contributed by atoms with van der Waals surface area (Å²) in [5, 5.41) is 0. The Bertz CT molecular complexity index is 660. The van der Waals surface area contributed by atoms with Gasteiger partial charge in [-0.15, -0.1) is 0 Å². The maximum atomic E-state index is 12.2. The van der Waals surface area contributed by atoms with E-state index in [-0.39, 0.29) is 12.7 Å². The Morgan fingerprint density at radius 3 is 2.86 bits per heavy atom. The Morgan fingerprint density at radius 2 is 2.05 bits per heavy atom. The third-order valence-corrected chi connectivity index (χ3v) is 3.97. The molecule has 0 unspecified atom stereocenters. The summed E-state index contributed by atoms with van der Waals surface area (Å²) in [4.78, 5) is 13.9. The molecule has 2 aromatic carbocycles. The standard InChI is InChI=1S/C17H16BrNO3/c18-15-7-6-14-11-19(8-9-21-16(14)10-15)17(20)22-12-13-4-2-1-3-5-13/h1-7,10H,8-9,11-12H2. The molecule has 1 aliphatic rings. The first-order valence-electron chi connectivity index (χ1n) is 7.09. The van der Waals surface area contributed by atoms with Crippen LogP contribution in [0.4, 0.5) is 4.79 Å². The van der Waals surface area contributed by atoms with Crippen LogP contribution in [0.25, 0.3) is 0 Å². The van der Waals surface area contributed by atoms with E-state index in [9.17, 15) is 4.79 Å². The van der Waals surface area contributed by atoms with Gasteiger partial charge in [0.15, 0.2) is 0 Å². The lowest BCUT2D eigenvalue weighted by atomic mass is 10.2. The average molecular weight is 362 g/mol. The molecule has 1 amide bonds. The highest BCUT2D eigenvalue weighted by Gasteiger charge is 2.21. The highest BCUT2D eigenvalue weighted by molar-refractivity contribution is 9.10. The largest absolute Gasteiger partial charge is 0.491 e. The quantitative estimate of drug-likeness (QED) is 0.811. The van der Waals surface area contributed by atoms with Crippen LogP contribution in [0.5, 0.6) is 5.75 Å². The lowest BCUT2D eigenvalue weighted by Gasteiger charge is -2.19. The minimum Gasteiger partial charge on any atom is -0.491 e. The monoisotopic (exact) mass is 361 g/mol. The Balaban J connectivity index is 1.64. The SMILES string of the molecule is O=C(OCc1ccccc1)N1CCOc2cc(Br)ccc2C1. The number of ether oxygens (including phenoxy) is 2. The smallest absolute Gasteiger partial charge is 0.410 e. The van der Waals surface area contributed by atoms with Gasteiger partial charge in [0.1, 0.15) is 19.0 Å². The molecule has 0 bridgehead atoms. The third-order valence-electron chi connectivity index (χ3n) is 3.47. The molecular weight excluding hydrogens is 346 g/mol. The highest BCUT2D eigenvalue weighted by atomic mass is 79.9. The molecule has 0 aromatic heterocycles. The number of hydrogen-bond acceptors (Lipinski definition) is 3. The van der Waals surface area contributed by atoms with Crippen LogP contribution >= 0.6 is 15.9 Å². The molecule has 0 saturated heterocycles. The number of fused-ring (bicyclic) bond motifs is 1. The maximum Gasteiger partial charge on any atom is 0.410 e. The van der Waals surface area contributed by atoms with Gasteiger partial charge < -0.3 is 14.4 Å². The van der Waals surface area contributed by atoms with E-state index in [1.165, 1.54) is 0 Å². The summed E-state index contributed by atoms with van der Waals surface area (Å²) in [5.41, 5.74) is 1.96. The second kappa shape index (κ2) is 6.83. The summed E-state index contributed by atoms with van der Waals surface area (Å²) in [6.07, 6.45) is -0.316. The number of amides is 1. The van der Waals surface area contributed by atoms with Crippen molar-refractivity contribution in [3.05, 3.63) is 64.1 Å². The van der Waals surface area contributed by atoms with E-state index in [4.69, 9.17) is 9.47 Å². The first-order valence-corrected chi connectivity index (χ1v) is 7.88. The van der Waals surface area contributed by atoms with Crippen molar-refractivity contribution in [2.45, 2.75) is 13.2 Å². The van der Waals surface area contributed by atoms with Crippen molar-refractivity contribution >= 4 is 22.0 Å². The molecule has 3 rings (SSSR count). The van der Waals surface area contributed by atoms with Crippen LogP contribution in [-0.2, 0) is 17.9 Å². The van der Waals surface area contributed by atoms with Gasteiger partial charge in [-0.3, -0.25) is 0 Å². The number of carbonyl (C=O) groups is 1. The number of carbonyl (C=O) groups excluding carboxylic acids is 1. The molecule has 114 valence electrons. The van der Waals surface area contributed by atoms with Crippen LogP contribution in [0.15, 0.2) is 53.0 Å². The molecule has 0 spiro atoms. The topological polar surface area (TPSA) is 38.8 Å². The minimum absolute atomic E-state index is 0.282. The van der Waals surface area contributed by atoms with Crippen LogP contribution in [0.2, 0.25) is 0 Å². The van der Waals surface area contributed by atoms with Crippen LogP contribution < -0.4 is 4.74 Å². The van der Waals surface area contributed by atoms with Gasteiger partial charge in [-0.1, -0.05) is 52.3 Å². The fraction of sp³-hybridized carbons (Fsp3) is 0.235. The van der Waals surface area contributed by atoms with Crippen molar-refractivity contribution in [2.24, 2.45) is 0 Å². The van der Waals surface area contributed by atoms with Crippen molar-refractivity contribution in [3.8, 4) is 5.75 Å². The van der Waals surface area contributed by atoms with Gasteiger partial charge in [0.05, 0.1) is 13.1 Å². The van der Waals surface area contributed by atoms with Gasteiger partial charge in [0, 0.05) is 10.0 Å². The second-order valence-corrected chi connectivity index (χ2v) is 5.98. The van der Waals surface area contributed by atoms with E-state index < -0.39 is 0 Å². The summed E-state index contributed by atoms with van der Waals surface area (Å²) in [6.45, 7) is 1.75. The van der Waals surface area contributed by atoms with Crippen LogP contribution in [0.3, 0.4) is 0 Å². The number of hydrogen-bond donors (Lipinski definition) is 0. The molecule has 1 heterocycles. The predicted molar refractivity (Wildman–Crippen MR) is 86.7 cm³/mol. The second-order valence-electron chi connectivity index (χ2n) is 5.06. The van der Waals surface area contributed by atoms with Gasteiger partial charge in [-0.2, -0.15) is 0 Å². The number of benzene rings is 2. The van der Waals surface area contributed by atoms with Crippen molar-refractivity contribution in [3.63, 3.8) is 0 Å². The van der Waals surface area contributed by atoms with Gasteiger partial charge in [-0.05, 0) is 17.7 Å². The number of rotatable bonds is 2. The average Bonchev–Trinajstić information content (AvgIpc) is 2.75. The molecule has 4 nitrogen and oxygen atoms in total. The lowest BCUT2D eigenvalue weighted by Crippen LogP contribution is -2.32. The summed E-state index contributed by atoms with van der Waals surface area (Å²) in [6, 6.07) is 15.5. The molecule has 0 aliphatic carbocycles. The zero-order chi connectivity index (χ0) is 15.4. The van der Waals surface area contributed by atoms with Gasteiger partial charge in [-0.25, -0.2) is 4.79 Å². The van der Waals surface area contributed by atoms with E-state index in [2.05, 4.69) is 15.9 Å². The number of halogens is 1. The molecule has 0 atom stereocenters. The summed E-state index contributed by atoms with van der Waals surface area (Å²) < 4.78 is 12.0. The molecule has 1 aliphatic heterocycles. The van der Waals surface area contributed by atoms with Gasteiger partial charge >= 0.3 is 6.09 Å². The molecule has 0 saturated carbocycles. The molecular formula is C17H16BrNO3. The summed E-state index contributed by atoms with van der Waals surface area (Å²) >= 11 is 3.43. The lowest BCUT2D eigenvalue weighted by molar-refractivity contribution is 0.0913. The van der Waals surface area contributed by atoms with Crippen molar-refractivity contribution in [2.75, 3.05) is 13.2 Å². The van der Waals surface area contributed by atoms with E-state index in [1.54, 1.807) is 4.90 Å². The van der Waals surface area contributed by atoms with Crippen molar-refractivity contribution in [1.82, 2.24) is 4.90 Å². The predicted octanol–water partition coefficient (Wildman–Crippen LogP) is 3.98. The molecule has 5 heteroatoms. The molecule has 0 radical (unpaired) electrons. The Labute approximate surface area is 137 Å².